The van der Waals surface area contributed by atoms with Gasteiger partial charge in [-0.2, -0.15) is 4.31 Å². The van der Waals surface area contributed by atoms with Crippen LogP contribution >= 0.6 is 0 Å². The van der Waals surface area contributed by atoms with Gasteiger partial charge in [-0.05, 0) is 43.5 Å². The highest BCUT2D eigenvalue weighted by molar-refractivity contribution is 7.89. The summed E-state index contributed by atoms with van der Waals surface area (Å²) in [5.41, 5.74) is 1.01. The molecule has 26 heavy (non-hydrogen) atoms. The minimum Gasteiger partial charge on any atom is -0.311 e. The molecule has 1 N–H and O–H groups in total. The molecule has 0 bridgehead atoms. The van der Waals surface area contributed by atoms with Crippen molar-refractivity contribution in [2.75, 3.05) is 11.9 Å². The summed E-state index contributed by atoms with van der Waals surface area (Å²) in [6.07, 6.45) is 4.22. The van der Waals surface area contributed by atoms with Gasteiger partial charge in [-0.25, -0.2) is 13.4 Å². The van der Waals surface area contributed by atoms with E-state index in [1.54, 1.807) is 42.6 Å². The quantitative estimate of drug-likeness (QED) is 0.874. The van der Waals surface area contributed by atoms with Gasteiger partial charge < -0.3 is 5.32 Å². The molecule has 1 aliphatic rings. The third-order valence-corrected chi connectivity index (χ3v) is 6.49. The number of nitrogens with zero attached hydrogens (tertiary/aromatic N) is 2. The highest BCUT2D eigenvalue weighted by Gasteiger charge is 2.34. The van der Waals surface area contributed by atoms with E-state index >= 15 is 0 Å². The summed E-state index contributed by atoms with van der Waals surface area (Å²) in [7, 11) is -3.60. The minimum atomic E-state index is -3.60. The molecule has 0 unspecified atom stereocenters. The Balaban J connectivity index is 1.72. The summed E-state index contributed by atoms with van der Waals surface area (Å²) in [6.45, 7) is 2.37. The molecule has 1 aromatic heterocycles. The third kappa shape index (κ3) is 4.28. The van der Waals surface area contributed by atoms with Crippen LogP contribution in [0, 0.1) is 6.92 Å². The van der Waals surface area contributed by atoms with Gasteiger partial charge in [0, 0.05) is 25.2 Å². The molecule has 3 rings (SSSR count). The van der Waals surface area contributed by atoms with Gasteiger partial charge in [0.05, 0.1) is 4.90 Å². The molecule has 138 valence electrons. The van der Waals surface area contributed by atoms with Crippen LogP contribution in [-0.2, 0) is 14.8 Å². The van der Waals surface area contributed by atoms with Crippen molar-refractivity contribution in [1.82, 2.24) is 9.29 Å². The monoisotopic (exact) mass is 373 g/mol. The number of anilines is 1. The fourth-order valence-electron chi connectivity index (χ4n) is 3.17. The number of pyridine rings is 1. The predicted molar refractivity (Wildman–Crippen MR) is 100 cm³/mol. The Bertz CT molecular complexity index is 851. The van der Waals surface area contributed by atoms with E-state index < -0.39 is 10.0 Å². The first kappa shape index (κ1) is 18.5. The molecule has 0 saturated carbocycles. The second-order valence-corrected chi connectivity index (χ2v) is 8.44. The minimum absolute atomic E-state index is 0.127. The van der Waals surface area contributed by atoms with Gasteiger partial charge in [0.25, 0.3) is 0 Å². The summed E-state index contributed by atoms with van der Waals surface area (Å²) < 4.78 is 27.4. The maximum Gasteiger partial charge on any atom is 0.243 e. The molecule has 0 radical (unpaired) electrons. The van der Waals surface area contributed by atoms with Crippen molar-refractivity contribution in [2.45, 2.75) is 43.5 Å². The van der Waals surface area contributed by atoms with Crippen molar-refractivity contribution in [1.29, 1.82) is 0 Å². The van der Waals surface area contributed by atoms with E-state index in [4.69, 9.17) is 0 Å². The Morgan fingerprint density at radius 2 is 1.96 bits per heavy atom. The zero-order valence-electron chi connectivity index (χ0n) is 14.8. The summed E-state index contributed by atoms with van der Waals surface area (Å²) in [6, 6.07) is 11.7. The number of hydrogen-bond donors (Lipinski definition) is 1. The van der Waals surface area contributed by atoms with Gasteiger partial charge >= 0.3 is 0 Å². The van der Waals surface area contributed by atoms with Gasteiger partial charge in [0.2, 0.25) is 15.9 Å². The Morgan fingerprint density at radius 1 is 1.19 bits per heavy atom. The molecule has 2 heterocycles. The lowest BCUT2D eigenvalue weighted by atomic mass is 10.0. The van der Waals surface area contributed by atoms with E-state index in [0.717, 1.165) is 18.4 Å². The first-order valence-corrected chi connectivity index (χ1v) is 10.2. The molecule has 0 spiro atoms. The summed E-state index contributed by atoms with van der Waals surface area (Å²) in [5.74, 6) is 0.260. The van der Waals surface area contributed by atoms with Crippen molar-refractivity contribution in [2.24, 2.45) is 0 Å². The van der Waals surface area contributed by atoms with Crippen molar-refractivity contribution in [3.8, 4) is 0 Å². The number of piperidine rings is 1. The lowest BCUT2D eigenvalue weighted by Crippen LogP contribution is -2.45. The normalized spacial score (nSPS) is 18.4. The fraction of sp³-hybridized carbons (Fsp3) is 0.368. The van der Waals surface area contributed by atoms with E-state index in [1.807, 2.05) is 13.0 Å². The van der Waals surface area contributed by atoms with Crippen LogP contribution in [-0.4, -0.2) is 36.2 Å². The van der Waals surface area contributed by atoms with Crippen LogP contribution in [0.15, 0.2) is 53.6 Å². The Morgan fingerprint density at radius 3 is 2.65 bits per heavy atom. The number of aryl methyl sites for hydroxylation is 1. The van der Waals surface area contributed by atoms with Gasteiger partial charge in [-0.1, -0.05) is 30.7 Å². The molecule has 7 heteroatoms. The molecule has 1 aromatic carbocycles. The van der Waals surface area contributed by atoms with E-state index in [9.17, 15) is 13.2 Å². The number of aromatic nitrogens is 1. The maximum atomic E-state index is 13.0. The molecule has 1 fully saturated rings. The second kappa shape index (κ2) is 7.97. The first-order chi connectivity index (χ1) is 12.5. The van der Waals surface area contributed by atoms with Crippen molar-refractivity contribution >= 4 is 21.7 Å². The third-order valence-electron chi connectivity index (χ3n) is 4.52. The van der Waals surface area contributed by atoms with E-state index in [2.05, 4.69) is 10.3 Å². The van der Waals surface area contributed by atoms with E-state index in [-0.39, 0.29) is 23.3 Å². The molecule has 1 saturated heterocycles. The van der Waals surface area contributed by atoms with Crippen LogP contribution in [0.3, 0.4) is 0 Å². The average Bonchev–Trinajstić information content (AvgIpc) is 2.64. The second-order valence-electron chi connectivity index (χ2n) is 6.55. The number of rotatable bonds is 5. The van der Waals surface area contributed by atoms with Crippen molar-refractivity contribution in [3.63, 3.8) is 0 Å². The Kier molecular flexibility index (Phi) is 5.68. The van der Waals surface area contributed by atoms with Crippen molar-refractivity contribution in [3.05, 3.63) is 54.2 Å². The Hall–Kier alpha value is -2.25. The zero-order chi connectivity index (χ0) is 18.6. The van der Waals surface area contributed by atoms with Gasteiger partial charge in [-0.3, -0.25) is 4.79 Å². The highest BCUT2D eigenvalue weighted by Crippen LogP contribution is 2.27. The van der Waals surface area contributed by atoms with Crippen LogP contribution in [0.4, 0.5) is 5.82 Å². The summed E-state index contributed by atoms with van der Waals surface area (Å²) >= 11 is 0. The maximum absolute atomic E-state index is 13.0. The van der Waals surface area contributed by atoms with E-state index in [1.165, 1.54) is 4.31 Å². The predicted octanol–water partition coefficient (Wildman–Crippen LogP) is 2.96. The largest absolute Gasteiger partial charge is 0.311 e. The van der Waals surface area contributed by atoms with E-state index in [0.29, 0.717) is 18.8 Å². The standard InChI is InChI=1S/C19H23N3O3S/c1-15-10-11-18(20-14-15)21-19(23)13-16-7-5-6-12-22(16)26(24,25)17-8-3-2-4-9-17/h2-4,8-11,14,16H,5-7,12-13H2,1H3,(H,20,21,23)/t16-/m1/s1. The van der Waals surface area contributed by atoms with Gasteiger partial charge in [0.15, 0.2) is 0 Å². The van der Waals surface area contributed by atoms with Crippen LogP contribution in [0.25, 0.3) is 0 Å². The van der Waals surface area contributed by atoms with Crippen LogP contribution in [0.2, 0.25) is 0 Å². The van der Waals surface area contributed by atoms with Crippen LogP contribution in [0.5, 0.6) is 0 Å². The number of sulfonamides is 1. The zero-order valence-corrected chi connectivity index (χ0v) is 15.6. The number of benzene rings is 1. The molecule has 1 atom stereocenters. The SMILES string of the molecule is Cc1ccc(NC(=O)C[C@H]2CCCCN2S(=O)(=O)c2ccccc2)nc1. The molecular formula is C19H23N3O3S. The number of hydrogen-bond acceptors (Lipinski definition) is 4. The number of carbonyl (C=O) groups is 1. The number of amides is 1. The topological polar surface area (TPSA) is 79.4 Å². The number of nitrogens with one attached hydrogen (secondary N) is 1. The first-order valence-electron chi connectivity index (χ1n) is 8.76. The number of carbonyl (C=O) groups excluding carboxylic acids is 1. The molecule has 2 aromatic rings. The molecule has 1 aliphatic heterocycles. The molecular weight excluding hydrogens is 350 g/mol. The average molecular weight is 373 g/mol. The van der Waals surface area contributed by atoms with Crippen molar-refractivity contribution < 1.29 is 13.2 Å². The molecule has 0 aliphatic carbocycles. The molecule has 6 nitrogen and oxygen atoms in total. The smallest absolute Gasteiger partial charge is 0.243 e. The van der Waals surface area contributed by atoms with Gasteiger partial charge in [-0.15, -0.1) is 0 Å². The lowest BCUT2D eigenvalue weighted by Gasteiger charge is -2.34. The van der Waals surface area contributed by atoms with Crippen LogP contribution < -0.4 is 5.32 Å². The highest BCUT2D eigenvalue weighted by atomic mass is 32.2. The van der Waals surface area contributed by atoms with Gasteiger partial charge in [0.1, 0.15) is 5.82 Å². The fourth-order valence-corrected chi connectivity index (χ4v) is 4.89. The van der Waals surface area contributed by atoms with Crippen LogP contribution in [0.1, 0.15) is 31.2 Å². The summed E-state index contributed by atoms with van der Waals surface area (Å²) in [5, 5.41) is 2.76. The lowest BCUT2D eigenvalue weighted by molar-refractivity contribution is -0.117. The Labute approximate surface area is 154 Å². The summed E-state index contributed by atoms with van der Waals surface area (Å²) in [4.78, 5) is 16.8. The molecule has 1 amide bonds.